The molecule has 0 spiro atoms. The molecule has 0 aliphatic heterocycles. The summed E-state index contributed by atoms with van der Waals surface area (Å²) in [6.07, 6.45) is 1.97. The topological polar surface area (TPSA) is 52.3 Å². The molecule has 0 bridgehead atoms. The molecule has 0 amide bonds. The number of halogens is 1. The minimum Gasteiger partial charge on any atom is -0.461 e. The zero-order valence-electron chi connectivity index (χ0n) is 9.25. The maximum Gasteiger partial charge on any atom is 0.338 e. The van der Waals surface area contributed by atoms with E-state index in [0.717, 1.165) is 15.8 Å². The van der Waals surface area contributed by atoms with Crippen LogP contribution in [0.25, 0.3) is 0 Å². The first-order valence-electron chi connectivity index (χ1n) is 4.78. The lowest BCUT2D eigenvalue weighted by Crippen LogP contribution is -2.10. The number of rotatable bonds is 4. The van der Waals surface area contributed by atoms with Crippen LogP contribution in [0.2, 0.25) is 0 Å². The summed E-state index contributed by atoms with van der Waals surface area (Å²) in [6.45, 7) is 2.23. The Morgan fingerprint density at radius 2 is 2.25 bits per heavy atom. The van der Waals surface area contributed by atoms with Gasteiger partial charge in [-0.15, -0.1) is 0 Å². The minimum absolute atomic E-state index is 0.320. The van der Waals surface area contributed by atoms with Crippen molar-refractivity contribution in [3.8, 4) is 0 Å². The predicted octanol–water partition coefficient (Wildman–Crippen LogP) is 2.86. The van der Waals surface area contributed by atoms with Gasteiger partial charge in [0.15, 0.2) is 0 Å². The summed E-state index contributed by atoms with van der Waals surface area (Å²) in [7, 11) is 0. The number of ether oxygens (including phenoxy) is 1. The Hall–Kier alpha value is -0.680. The van der Waals surface area contributed by atoms with E-state index in [1.165, 1.54) is 0 Å². The molecule has 1 aromatic rings. The molecule has 0 aromatic heterocycles. The zero-order valence-corrected chi connectivity index (χ0v) is 11.7. The Balaban J connectivity index is 2.82. The van der Waals surface area contributed by atoms with E-state index in [1.807, 2.05) is 13.2 Å². The highest BCUT2D eigenvalue weighted by molar-refractivity contribution is 9.10. The van der Waals surface area contributed by atoms with Crippen molar-refractivity contribution < 1.29 is 9.53 Å². The van der Waals surface area contributed by atoms with Crippen molar-refractivity contribution in [2.24, 2.45) is 0 Å². The van der Waals surface area contributed by atoms with Crippen molar-refractivity contribution in [1.82, 2.24) is 0 Å². The molecule has 5 heteroatoms. The molecule has 0 saturated carbocycles. The molecule has 16 heavy (non-hydrogen) atoms. The number of carbonyl (C=O) groups excluding carboxylic acids is 1. The van der Waals surface area contributed by atoms with Crippen molar-refractivity contribution in [3.63, 3.8) is 0 Å². The number of esters is 1. The molecule has 0 radical (unpaired) electrons. The van der Waals surface area contributed by atoms with Gasteiger partial charge in [0.25, 0.3) is 0 Å². The number of thioether (sulfide) groups is 1. The average Bonchev–Trinajstić information content (AvgIpc) is 2.23. The first kappa shape index (κ1) is 13.4. The summed E-state index contributed by atoms with van der Waals surface area (Å²) >= 11 is 4.94. The quantitative estimate of drug-likeness (QED) is 0.528. The lowest BCUT2D eigenvalue weighted by Gasteiger charge is -2.09. The molecule has 88 valence electrons. The Bertz CT molecular complexity index is 396. The highest BCUT2D eigenvalue weighted by atomic mass is 79.9. The molecule has 0 aliphatic rings. The SMILES string of the molecule is CSCCOC(=O)c1cc(Br)cc(N)c1C. The third-order valence-corrected chi connectivity index (χ3v) is 3.19. The second-order valence-corrected chi connectivity index (χ2v) is 5.20. The second kappa shape index (κ2) is 6.15. The maximum absolute atomic E-state index is 11.7. The second-order valence-electron chi connectivity index (χ2n) is 3.30. The first-order valence-corrected chi connectivity index (χ1v) is 6.96. The number of hydrogen-bond donors (Lipinski definition) is 1. The normalized spacial score (nSPS) is 10.2. The van der Waals surface area contributed by atoms with Crippen LogP contribution in [-0.4, -0.2) is 24.6 Å². The summed E-state index contributed by atoms with van der Waals surface area (Å²) in [4.78, 5) is 11.7. The Labute approximate surface area is 108 Å². The summed E-state index contributed by atoms with van der Waals surface area (Å²) < 4.78 is 5.91. The van der Waals surface area contributed by atoms with E-state index in [2.05, 4.69) is 15.9 Å². The third kappa shape index (κ3) is 3.42. The molecule has 3 nitrogen and oxygen atoms in total. The average molecular weight is 304 g/mol. The molecule has 0 aliphatic carbocycles. The van der Waals surface area contributed by atoms with Crippen molar-refractivity contribution in [3.05, 3.63) is 27.7 Å². The van der Waals surface area contributed by atoms with Crippen molar-refractivity contribution in [2.45, 2.75) is 6.92 Å². The van der Waals surface area contributed by atoms with Crippen LogP contribution >= 0.6 is 27.7 Å². The predicted molar refractivity (Wildman–Crippen MR) is 72.0 cm³/mol. The smallest absolute Gasteiger partial charge is 0.338 e. The van der Waals surface area contributed by atoms with Gasteiger partial charge in [-0.1, -0.05) is 15.9 Å². The molecular weight excluding hydrogens is 290 g/mol. The van der Waals surface area contributed by atoms with E-state index in [9.17, 15) is 4.79 Å². The minimum atomic E-state index is -0.320. The van der Waals surface area contributed by atoms with Crippen molar-refractivity contribution in [1.29, 1.82) is 0 Å². The highest BCUT2D eigenvalue weighted by Gasteiger charge is 2.13. The lowest BCUT2D eigenvalue weighted by molar-refractivity contribution is 0.0529. The number of benzene rings is 1. The van der Waals surface area contributed by atoms with Crippen molar-refractivity contribution in [2.75, 3.05) is 24.3 Å². The molecule has 0 saturated heterocycles. The van der Waals surface area contributed by atoms with E-state index in [-0.39, 0.29) is 5.97 Å². The van der Waals surface area contributed by atoms with Gasteiger partial charge in [0.2, 0.25) is 0 Å². The van der Waals surface area contributed by atoms with Gasteiger partial charge in [0, 0.05) is 15.9 Å². The fourth-order valence-corrected chi connectivity index (χ4v) is 1.93. The van der Waals surface area contributed by atoms with E-state index in [0.29, 0.717) is 17.9 Å². The number of nitrogens with two attached hydrogens (primary N) is 1. The first-order chi connectivity index (χ1) is 7.56. The van der Waals surface area contributed by atoms with Gasteiger partial charge >= 0.3 is 5.97 Å². The number of carbonyl (C=O) groups is 1. The van der Waals surface area contributed by atoms with E-state index >= 15 is 0 Å². The monoisotopic (exact) mass is 303 g/mol. The lowest BCUT2D eigenvalue weighted by atomic mass is 10.1. The molecular formula is C11H14BrNO2S. The van der Waals surface area contributed by atoms with Gasteiger partial charge in [-0.05, 0) is 30.9 Å². The summed E-state index contributed by atoms with van der Waals surface area (Å²) in [5, 5.41) is 0. The van der Waals surface area contributed by atoms with E-state index in [1.54, 1.807) is 23.9 Å². The van der Waals surface area contributed by atoms with Crippen LogP contribution in [0.3, 0.4) is 0 Å². The standard InChI is InChI=1S/C11H14BrNO2S/c1-7-9(5-8(12)6-10(7)13)11(14)15-3-4-16-2/h5-6H,3-4,13H2,1-2H3. The van der Waals surface area contributed by atoms with Crippen LogP contribution in [0.1, 0.15) is 15.9 Å². The van der Waals surface area contributed by atoms with Gasteiger partial charge in [0.05, 0.1) is 5.56 Å². The largest absolute Gasteiger partial charge is 0.461 e. The van der Waals surface area contributed by atoms with Crippen LogP contribution in [0.15, 0.2) is 16.6 Å². The van der Waals surface area contributed by atoms with Crippen molar-refractivity contribution >= 4 is 39.3 Å². The molecule has 1 rings (SSSR count). The van der Waals surface area contributed by atoms with E-state index < -0.39 is 0 Å². The maximum atomic E-state index is 11.7. The summed E-state index contributed by atoms with van der Waals surface area (Å²) in [5.74, 6) is 0.480. The molecule has 0 heterocycles. The Morgan fingerprint density at radius 1 is 1.56 bits per heavy atom. The van der Waals surface area contributed by atoms with Crippen LogP contribution in [0.4, 0.5) is 5.69 Å². The molecule has 0 fully saturated rings. The van der Waals surface area contributed by atoms with Crippen LogP contribution in [0.5, 0.6) is 0 Å². The molecule has 1 aromatic carbocycles. The van der Waals surface area contributed by atoms with Gasteiger partial charge in [-0.25, -0.2) is 4.79 Å². The number of hydrogen-bond acceptors (Lipinski definition) is 4. The number of nitrogen functional groups attached to an aromatic ring is 1. The van der Waals surface area contributed by atoms with Gasteiger partial charge < -0.3 is 10.5 Å². The van der Waals surface area contributed by atoms with Gasteiger partial charge in [-0.3, -0.25) is 0 Å². The molecule has 0 unspecified atom stereocenters. The van der Waals surface area contributed by atoms with Crippen LogP contribution in [0, 0.1) is 6.92 Å². The zero-order chi connectivity index (χ0) is 12.1. The Kier molecular flexibility index (Phi) is 5.15. The van der Waals surface area contributed by atoms with E-state index in [4.69, 9.17) is 10.5 Å². The summed E-state index contributed by atoms with van der Waals surface area (Å²) in [6, 6.07) is 3.50. The highest BCUT2D eigenvalue weighted by Crippen LogP contribution is 2.23. The van der Waals surface area contributed by atoms with Gasteiger partial charge in [-0.2, -0.15) is 11.8 Å². The Morgan fingerprint density at radius 3 is 2.88 bits per heavy atom. The molecule has 2 N–H and O–H groups in total. The van der Waals surface area contributed by atoms with Crippen LogP contribution in [-0.2, 0) is 4.74 Å². The van der Waals surface area contributed by atoms with Gasteiger partial charge in [0.1, 0.15) is 6.61 Å². The molecule has 0 atom stereocenters. The fraction of sp³-hybridized carbons (Fsp3) is 0.364. The number of anilines is 1. The summed E-state index contributed by atoms with van der Waals surface area (Å²) in [5.41, 5.74) is 7.64. The fourth-order valence-electron chi connectivity index (χ4n) is 1.21. The third-order valence-electron chi connectivity index (χ3n) is 2.15. The van der Waals surface area contributed by atoms with Crippen LogP contribution < -0.4 is 5.73 Å².